The number of rotatable bonds is 4. The van der Waals surface area contributed by atoms with Gasteiger partial charge >= 0.3 is 0 Å². The number of carbonyl (C=O) groups is 1. The van der Waals surface area contributed by atoms with Gasteiger partial charge in [-0.2, -0.15) is 0 Å². The third-order valence-corrected chi connectivity index (χ3v) is 3.46. The van der Waals surface area contributed by atoms with E-state index in [1.165, 1.54) is 5.56 Å². The number of ketones is 1. The normalized spacial score (nSPS) is 24.2. The molecule has 2 unspecified atom stereocenters. The molecule has 1 aliphatic rings. The zero-order chi connectivity index (χ0) is 11.8. The topological polar surface area (TPSA) is 26.3 Å². The molecule has 0 aliphatic heterocycles. The van der Waals surface area contributed by atoms with Crippen LogP contribution in [0.1, 0.15) is 31.7 Å². The van der Waals surface area contributed by atoms with Crippen LogP contribution in [0.3, 0.4) is 0 Å². The predicted molar refractivity (Wildman–Crippen MR) is 63.4 cm³/mol. The Morgan fingerprint density at radius 1 is 1.31 bits per heavy atom. The summed E-state index contributed by atoms with van der Waals surface area (Å²) in [4.78, 5) is 12.1. The quantitative estimate of drug-likeness (QED) is 0.776. The second kappa shape index (κ2) is 4.02. The van der Waals surface area contributed by atoms with Gasteiger partial charge in [-0.25, -0.2) is 0 Å². The SMILES string of the molecule is COC(C)(C)C(=O)C1CC1c1ccccc1. The third-order valence-electron chi connectivity index (χ3n) is 3.46. The van der Waals surface area contributed by atoms with Crippen molar-refractivity contribution in [2.45, 2.75) is 31.8 Å². The molecule has 2 rings (SSSR count). The average Bonchev–Trinajstić information content (AvgIpc) is 3.09. The first-order valence-corrected chi connectivity index (χ1v) is 5.70. The van der Waals surface area contributed by atoms with Crippen molar-refractivity contribution < 1.29 is 9.53 Å². The first-order valence-electron chi connectivity index (χ1n) is 5.70. The summed E-state index contributed by atoms with van der Waals surface area (Å²) in [5, 5.41) is 0. The highest BCUT2D eigenvalue weighted by atomic mass is 16.5. The van der Waals surface area contributed by atoms with Crippen LogP contribution in [0.15, 0.2) is 30.3 Å². The summed E-state index contributed by atoms with van der Waals surface area (Å²) in [7, 11) is 1.60. The highest BCUT2D eigenvalue weighted by molar-refractivity contribution is 5.91. The van der Waals surface area contributed by atoms with Crippen molar-refractivity contribution in [3.8, 4) is 0 Å². The molecule has 1 fully saturated rings. The Morgan fingerprint density at radius 2 is 1.94 bits per heavy atom. The Labute approximate surface area is 96.6 Å². The van der Waals surface area contributed by atoms with Crippen LogP contribution in [-0.2, 0) is 9.53 Å². The molecule has 16 heavy (non-hydrogen) atoms. The standard InChI is InChI=1S/C14H18O2/c1-14(2,16-3)13(15)12-9-11(12)10-7-5-4-6-8-10/h4-8,11-12H,9H2,1-3H3. The predicted octanol–water partition coefficient (Wildman–Crippen LogP) is 2.78. The van der Waals surface area contributed by atoms with E-state index in [9.17, 15) is 4.79 Å². The van der Waals surface area contributed by atoms with E-state index in [4.69, 9.17) is 4.74 Å². The van der Waals surface area contributed by atoms with Crippen molar-refractivity contribution in [3.05, 3.63) is 35.9 Å². The molecular formula is C14H18O2. The summed E-state index contributed by atoms with van der Waals surface area (Å²) in [5.74, 6) is 0.782. The van der Waals surface area contributed by atoms with E-state index >= 15 is 0 Å². The minimum atomic E-state index is -0.645. The molecule has 0 radical (unpaired) electrons. The van der Waals surface area contributed by atoms with Crippen molar-refractivity contribution in [3.63, 3.8) is 0 Å². The van der Waals surface area contributed by atoms with Gasteiger partial charge in [0, 0.05) is 13.0 Å². The van der Waals surface area contributed by atoms with Gasteiger partial charge in [-0.05, 0) is 31.7 Å². The van der Waals surface area contributed by atoms with Gasteiger partial charge in [0.25, 0.3) is 0 Å². The van der Waals surface area contributed by atoms with E-state index in [1.807, 2.05) is 32.0 Å². The van der Waals surface area contributed by atoms with E-state index < -0.39 is 5.60 Å². The lowest BCUT2D eigenvalue weighted by Crippen LogP contribution is -2.35. The monoisotopic (exact) mass is 218 g/mol. The minimum absolute atomic E-state index is 0.150. The number of Topliss-reactive ketones (excluding diaryl/α,β-unsaturated/α-hetero) is 1. The number of carbonyl (C=O) groups excluding carboxylic acids is 1. The summed E-state index contributed by atoms with van der Waals surface area (Å²) >= 11 is 0. The van der Waals surface area contributed by atoms with E-state index in [1.54, 1.807) is 7.11 Å². The molecule has 0 spiro atoms. The lowest BCUT2D eigenvalue weighted by Gasteiger charge is -2.21. The van der Waals surface area contributed by atoms with Crippen LogP contribution in [0.5, 0.6) is 0 Å². The molecule has 0 N–H and O–H groups in total. The molecule has 0 amide bonds. The highest BCUT2D eigenvalue weighted by Crippen LogP contribution is 2.49. The fourth-order valence-corrected chi connectivity index (χ4v) is 2.10. The van der Waals surface area contributed by atoms with Gasteiger partial charge in [0.1, 0.15) is 5.60 Å². The van der Waals surface area contributed by atoms with Gasteiger partial charge in [-0.15, -0.1) is 0 Å². The fraction of sp³-hybridized carbons (Fsp3) is 0.500. The molecule has 0 heterocycles. The van der Waals surface area contributed by atoms with Crippen LogP contribution >= 0.6 is 0 Å². The smallest absolute Gasteiger partial charge is 0.167 e. The summed E-state index contributed by atoms with van der Waals surface area (Å²) in [6.07, 6.45) is 0.968. The minimum Gasteiger partial charge on any atom is -0.371 e. The maximum atomic E-state index is 12.1. The molecule has 86 valence electrons. The maximum Gasteiger partial charge on any atom is 0.167 e. The summed E-state index contributed by atoms with van der Waals surface area (Å²) in [6.45, 7) is 3.69. The zero-order valence-electron chi connectivity index (χ0n) is 10.1. The molecule has 2 atom stereocenters. The van der Waals surface area contributed by atoms with Gasteiger partial charge in [0.2, 0.25) is 0 Å². The lowest BCUT2D eigenvalue weighted by molar-refractivity contribution is -0.138. The largest absolute Gasteiger partial charge is 0.371 e. The summed E-state index contributed by atoms with van der Waals surface area (Å²) in [5.41, 5.74) is 0.626. The zero-order valence-corrected chi connectivity index (χ0v) is 10.1. The lowest BCUT2D eigenvalue weighted by atomic mass is 9.97. The van der Waals surface area contributed by atoms with E-state index in [0.717, 1.165) is 6.42 Å². The molecule has 1 aromatic carbocycles. The molecule has 2 nitrogen and oxygen atoms in total. The summed E-state index contributed by atoms with van der Waals surface area (Å²) < 4.78 is 5.24. The Hall–Kier alpha value is -1.15. The molecule has 0 aromatic heterocycles. The Bertz CT molecular complexity index is 381. The summed E-state index contributed by atoms with van der Waals surface area (Å²) in [6, 6.07) is 10.2. The van der Waals surface area contributed by atoms with E-state index in [0.29, 0.717) is 5.92 Å². The van der Waals surface area contributed by atoms with Crippen LogP contribution in [0.2, 0.25) is 0 Å². The Morgan fingerprint density at radius 3 is 2.50 bits per heavy atom. The molecule has 1 saturated carbocycles. The van der Waals surface area contributed by atoms with Crippen molar-refractivity contribution >= 4 is 5.78 Å². The molecule has 0 saturated heterocycles. The number of hydrogen-bond acceptors (Lipinski definition) is 2. The number of ether oxygens (including phenoxy) is 1. The van der Waals surface area contributed by atoms with E-state index in [-0.39, 0.29) is 11.7 Å². The van der Waals surface area contributed by atoms with Crippen molar-refractivity contribution in [2.24, 2.45) is 5.92 Å². The number of hydrogen-bond donors (Lipinski definition) is 0. The van der Waals surface area contributed by atoms with Crippen LogP contribution < -0.4 is 0 Å². The Balaban J connectivity index is 2.05. The first-order chi connectivity index (χ1) is 7.56. The number of methoxy groups -OCH3 is 1. The second-order valence-electron chi connectivity index (χ2n) is 4.94. The van der Waals surface area contributed by atoms with Crippen molar-refractivity contribution in [1.82, 2.24) is 0 Å². The van der Waals surface area contributed by atoms with Crippen LogP contribution in [0, 0.1) is 5.92 Å². The van der Waals surface area contributed by atoms with Gasteiger partial charge in [0.05, 0.1) is 0 Å². The van der Waals surface area contributed by atoms with Gasteiger partial charge < -0.3 is 4.74 Å². The first kappa shape index (κ1) is 11.3. The average molecular weight is 218 g/mol. The van der Waals surface area contributed by atoms with Gasteiger partial charge in [-0.1, -0.05) is 30.3 Å². The van der Waals surface area contributed by atoms with Crippen LogP contribution in [-0.4, -0.2) is 18.5 Å². The van der Waals surface area contributed by atoms with Crippen LogP contribution in [0.4, 0.5) is 0 Å². The van der Waals surface area contributed by atoms with Crippen molar-refractivity contribution in [2.75, 3.05) is 7.11 Å². The molecule has 2 heteroatoms. The molecular weight excluding hydrogens is 200 g/mol. The molecule has 0 bridgehead atoms. The highest BCUT2D eigenvalue weighted by Gasteiger charge is 2.48. The number of benzene rings is 1. The second-order valence-corrected chi connectivity index (χ2v) is 4.94. The maximum absolute atomic E-state index is 12.1. The Kier molecular flexibility index (Phi) is 2.85. The fourth-order valence-electron chi connectivity index (χ4n) is 2.10. The third kappa shape index (κ3) is 2.03. The molecule has 1 aliphatic carbocycles. The van der Waals surface area contributed by atoms with E-state index in [2.05, 4.69) is 12.1 Å². The van der Waals surface area contributed by atoms with Crippen molar-refractivity contribution in [1.29, 1.82) is 0 Å². The van der Waals surface area contributed by atoms with Gasteiger partial charge in [0.15, 0.2) is 5.78 Å². The van der Waals surface area contributed by atoms with Crippen LogP contribution in [0.25, 0.3) is 0 Å². The molecule has 1 aromatic rings. The van der Waals surface area contributed by atoms with Gasteiger partial charge in [-0.3, -0.25) is 4.79 Å².